The van der Waals surface area contributed by atoms with Gasteiger partial charge < -0.3 is 9.47 Å². The zero-order chi connectivity index (χ0) is 15.1. The summed E-state index contributed by atoms with van der Waals surface area (Å²) in [6.45, 7) is 5.06. The second-order valence-corrected chi connectivity index (χ2v) is 4.67. The molecule has 0 aromatic heterocycles. The molecular formula is C16H28O4. The van der Waals surface area contributed by atoms with Crippen LogP contribution in [0.1, 0.15) is 65.2 Å². The van der Waals surface area contributed by atoms with Gasteiger partial charge in [0.15, 0.2) is 0 Å². The van der Waals surface area contributed by atoms with Gasteiger partial charge in [0.25, 0.3) is 0 Å². The van der Waals surface area contributed by atoms with Crippen LogP contribution >= 0.6 is 0 Å². The number of esters is 2. The molecule has 4 nitrogen and oxygen atoms in total. The molecule has 0 bridgehead atoms. The van der Waals surface area contributed by atoms with Gasteiger partial charge in [-0.25, -0.2) is 0 Å². The van der Waals surface area contributed by atoms with E-state index in [1.807, 2.05) is 12.2 Å². The van der Waals surface area contributed by atoms with Gasteiger partial charge in [-0.2, -0.15) is 0 Å². The summed E-state index contributed by atoms with van der Waals surface area (Å²) < 4.78 is 10.1. The van der Waals surface area contributed by atoms with Crippen molar-refractivity contribution in [2.24, 2.45) is 0 Å². The topological polar surface area (TPSA) is 52.6 Å². The van der Waals surface area contributed by atoms with Crippen LogP contribution in [-0.4, -0.2) is 25.2 Å². The fourth-order valence-electron chi connectivity index (χ4n) is 1.58. The van der Waals surface area contributed by atoms with Gasteiger partial charge in [0.1, 0.15) is 0 Å². The summed E-state index contributed by atoms with van der Waals surface area (Å²) in [7, 11) is 0. The van der Waals surface area contributed by atoms with E-state index in [1.54, 1.807) is 0 Å². The third kappa shape index (κ3) is 13.1. The van der Waals surface area contributed by atoms with Crippen molar-refractivity contribution >= 4 is 11.9 Å². The molecule has 0 unspecified atom stereocenters. The normalized spacial score (nSPS) is 10.7. The van der Waals surface area contributed by atoms with Gasteiger partial charge in [0.05, 0.1) is 13.2 Å². The van der Waals surface area contributed by atoms with Gasteiger partial charge >= 0.3 is 11.9 Å². The maximum Gasteiger partial charge on any atom is 0.305 e. The standard InChI is InChI=1S/C16H28O4/c1-3-5-7-9-14-20-16(18)12-10-11-15(17)19-13-8-6-4-2/h5,7H,3-4,6,8-14H2,1-2H3/b7-5-. The summed E-state index contributed by atoms with van der Waals surface area (Å²) in [6.07, 6.45) is 9.95. The first-order valence-corrected chi connectivity index (χ1v) is 7.66. The summed E-state index contributed by atoms with van der Waals surface area (Å²) in [6, 6.07) is 0. The molecule has 0 amide bonds. The second-order valence-electron chi connectivity index (χ2n) is 4.67. The van der Waals surface area contributed by atoms with E-state index in [-0.39, 0.29) is 24.8 Å². The fraction of sp³-hybridized carbons (Fsp3) is 0.750. The van der Waals surface area contributed by atoms with Crippen LogP contribution in [0.4, 0.5) is 0 Å². The number of allylic oxidation sites excluding steroid dienone is 1. The summed E-state index contributed by atoms with van der Waals surface area (Å²) in [5.41, 5.74) is 0. The van der Waals surface area contributed by atoms with Crippen LogP contribution in [0.15, 0.2) is 12.2 Å². The Morgan fingerprint density at radius 1 is 0.850 bits per heavy atom. The molecule has 0 rings (SSSR count). The van der Waals surface area contributed by atoms with Gasteiger partial charge in [0.2, 0.25) is 0 Å². The van der Waals surface area contributed by atoms with E-state index in [2.05, 4.69) is 13.8 Å². The van der Waals surface area contributed by atoms with Crippen molar-refractivity contribution in [1.82, 2.24) is 0 Å². The molecule has 116 valence electrons. The lowest BCUT2D eigenvalue weighted by Crippen LogP contribution is -2.09. The Morgan fingerprint density at radius 2 is 1.50 bits per heavy atom. The van der Waals surface area contributed by atoms with Crippen LogP contribution in [0, 0.1) is 0 Å². The number of hydrogen-bond donors (Lipinski definition) is 0. The molecule has 0 aliphatic rings. The monoisotopic (exact) mass is 284 g/mol. The lowest BCUT2D eigenvalue weighted by molar-refractivity contribution is -0.145. The van der Waals surface area contributed by atoms with Crippen molar-refractivity contribution in [3.63, 3.8) is 0 Å². The first kappa shape index (κ1) is 18.7. The van der Waals surface area contributed by atoms with Crippen LogP contribution in [0.3, 0.4) is 0 Å². The zero-order valence-electron chi connectivity index (χ0n) is 12.9. The highest BCUT2D eigenvalue weighted by molar-refractivity contribution is 5.72. The van der Waals surface area contributed by atoms with Crippen molar-refractivity contribution in [1.29, 1.82) is 0 Å². The third-order valence-electron chi connectivity index (χ3n) is 2.72. The van der Waals surface area contributed by atoms with E-state index in [0.717, 1.165) is 32.1 Å². The molecule has 0 atom stereocenters. The van der Waals surface area contributed by atoms with Crippen LogP contribution in [0.5, 0.6) is 0 Å². The highest BCUT2D eigenvalue weighted by Gasteiger charge is 2.06. The Kier molecular flexibility index (Phi) is 13.2. The van der Waals surface area contributed by atoms with Crippen LogP contribution in [0.25, 0.3) is 0 Å². The Balaban J connectivity index is 3.41. The van der Waals surface area contributed by atoms with Gasteiger partial charge in [0, 0.05) is 12.8 Å². The molecule has 0 N–H and O–H groups in total. The second kappa shape index (κ2) is 14.1. The van der Waals surface area contributed by atoms with Crippen molar-refractivity contribution < 1.29 is 19.1 Å². The maximum absolute atomic E-state index is 11.4. The van der Waals surface area contributed by atoms with Crippen molar-refractivity contribution in [2.75, 3.05) is 13.2 Å². The summed E-state index contributed by atoms with van der Waals surface area (Å²) in [5.74, 6) is -0.464. The molecule has 4 heteroatoms. The Labute approximate surface area is 122 Å². The lowest BCUT2D eigenvalue weighted by atomic mass is 10.2. The van der Waals surface area contributed by atoms with E-state index in [1.165, 1.54) is 0 Å². The van der Waals surface area contributed by atoms with Crippen LogP contribution < -0.4 is 0 Å². The molecule has 0 spiro atoms. The molecule has 0 fully saturated rings. The van der Waals surface area contributed by atoms with E-state index in [9.17, 15) is 9.59 Å². The maximum atomic E-state index is 11.4. The predicted octanol–water partition coefficient (Wildman–Crippen LogP) is 3.79. The fourth-order valence-corrected chi connectivity index (χ4v) is 1.58. The zero-order valence-corrected chi connectivity index (χ0v) is 12.9. The Bertz CT molecular complexity index is 284. The smallest absolute Gasteiger partial charge is 0.305 e. The number of carbonyl (C=O) groups is 2. The first-order chi connectivity index (χ1) is 9.70. The molecule has 0 saturated carbocycles. The van der Waals surface area contributed by atoms with E-state index >= 15 is 0 Å². The van der Waals surface area contributed by atoms with Crippen molar-refractivity contribution in [3.8, 4) is 0 Å². The highest BCUT2D eigenvalue weighted by atomic mass is 16.5. The summed E-state index contributed by atoms with van der Waals surface area (Å²) in [4.78, 5) is 22.7. The molecule has 0 aromatic carbocycles. The number of carbonyl (C=O) groups excluding carboxylic acids is 2. The molecule has 0 aromatic rings. The number of ether oxygens (including phenoxy) is 2. The molecule has 20 heavy (non-hydrogen) atoms. The molecule has 0 heterocycles. The van der Waals surface area contributed by atoms with Crippen molar-refractivity contribution in [2.45, 2.75) is 65.2 Å². The quantitative estimate of drug-likeness (QED) is 0.311. The summed E-state index contributed by atoms with van der Waals surface area (Å²) >= 11 is 0. The SMILES string of the molecule is CC/C=C\CCOC(=O)CCCC(=O)OCCCCC. The van der Waals surface area contributed by atoms with E-state index in [0.29, 0.717) is 19.6 Å². The lowest BCUT2D eigenvalue weighted by Gasteiger charge is -2.05. The minimum absolute atomic E-state index is 0.222. The molecule has 0 aliphatic heterocycles. The van der Waals surface area contributed by atoms with Gasteiger partial charge in [-0.15, -0.1) is 0 Å². The average Bonchev–Trinajstić information content (AvgIpc) is 2.43. The number of hydrogen-bond acceptors (Lipinski definition) is 4. The largest absolute Gasteiger partial charge is 0.466 e. The first-order valence-electron chi connectivity index (χ1n) is 7.66. The average molecular weight is 284 g/mol. The highest BCUT2D eigenvalue weighted by Crippen LogP contribution is 2.02. The van der Waals surface area contributed by atoms with Gasteiger partial charge in [-0.05, 0) is 25.7 Å². The van der Waals surface area contributed by atoms with Gasteiger partial charge in [-0.3, -0.25) is 9.59 Å². The van der Waals surface area contributed by atoms with E-state index in [4.69, 9.17) is 9.47 Å². The minimum atomic E-state index is -0.242. The predicted molar refractivity (Wildman–Crippen MR) is 79.3 cm³/mol. The molecule has 0 radical (unpaired) electrons. The Morgan fingerprint density at radius 3 is 2.10 bits per heavy atom. The number of unbranched alkanes of at least 4 members (excludes halogenated alkanes) is 2. The van der Waals surface area contributed by atoms with Crippen molar-refractivity contribution in [3.05, 3.63) is 12.2 Å². The number of rotatable bonds is 12. The summed E-state index contributed by atoms with van der Waals surface area (Å²) in [5, 5.41) is 0. The molecular weight excluding hydrogens is 256 g/mol. The van der Waals surface area contributed by atoms with Gasteiger partial charge in [-0.1, -0.05) is 38.8 Å². The van der Waals surface area contributed by atoms with E-state index < -0.39 is 0 Å². The molecule has 0 aliphatic carbocycles. The minimum Gasteiger partial charge on any atom is -0.466 e. The van der Waals surface area contributed by atoms with Crippen LogP contribution in [0.2, 0.25) is 0 Å². The third-order valence-corrected chi connectivity index (χ3v) is 2.72. The van der Waals surface area contributed by atoms with Crippen LogP contribution in [-0.2, 0) is 19.1 Å². The Hall–Kier alpha value is -1.32. The molecule has 0 saturated heterocycles.